The highest BCUT2D eigenvalue weighted by molar-refractivity contribution is 6.90. The van der Waals surface area contributed by atoms with Crippen LogP contribution in [0.5, 0.6) is 0 Å². The van der Waals surface area contributed by atoms with Gasteiger partial charge in [-0.3, -0.25) is 0 Å². The van der Waals surface area contributed by atoms with E-state index in [1.807, 2.05) is 0 Å². The molecule has 174 valence electrons. The van der Waals surface area contributed by atoms with Crippen molar-refractivity contribution >= 4 is 61.4 Å². The second-order valence-electron chi connectivity index (χ2n) is 11.8. The molecular weight excluding hydrogens is 447 g/mol. The molecule has 0 spiro atoms. The molecular formula is C34H25BN2. The van der Waals surface area contributed by atoms with Crippen LogP contribution in [0.2, 0.25) is 0 Å². The largest absolute Gasteiger partial charge is 0.375 e. The first kappa shape index (κ1) is 19.9. The zero-order valence-corrected chi connectivity index (χ0v) is 21.2. The first-order valence-electron chi connectivity index (χ1n) is 13.3. The highest BCUT2D eigenvalue weighted by Crippen LogP contribution is 2.44. The van der Waals surface area contributed by atoms with E-state index in [1.165, 1.54) is 76.9 Å². The molecule has 2 aliphatic heterocycles. The maximum absolute atomic E-state index is 2.65. The minimum atomic E-state index is 0.0645. The Morgan fingerprint density at radius 3 is 2.11 bits per heavy atom. The van der Waals surface area contributed by atoms with E-state index in [-0.39, 0.29) is 12.3 Å². The molecule has 0 saturated carbocycles. The fraction of sp³-hybridized carbons (Fsp3) is 0.118. The van der Waals surface area contributed by atoms with Crippen LogP contribution in [0.15, 0.2) is 97.1 Å². The van der Waals surface area contributed by atoms with E-state index in [1.54, 1.807) is 0 Å². The number of fused-ring (bicyclic) bond motifs is 10. The summed E-state index contributed by atoms with van der Waals surface area (Å²) in [5.41, 5.74) is 13.6. The average Bonchev–Trinajstić information content (AvgIpc) is 3.43. The van der Waals surface area contributed by atoms with Gasteiger partial charge in [0.1, 0.15) is 0 Å². The molecule has 2 aliphatic rings. The summed E-state index contributed by atoms with van der Waals surface area (Å²) in [5.74, 6) is 0. The molecule has 0 fully saturated rings. The van der Waals surface area contributed by atoms with Crippen molar-refractivity contribution in [2.24, 2.45) is 0 Å². The number of aromatic nitrogens is 2. The predicted octanol–water partition coefficient (Wildman–Crippen LogP) is 7.14. The second-order valence-corrected chi connectivity index (χ2v) is 11.8. The van der Waals surface area contributed by atoms with E-state index in [4.69, 9.17) is 0 Å². The predicted molar refractivity (Wildman–Crippen MR) is 158 cm³/mol. The third kappa shape index (κ3) is 2.25. The normalized spacial score (nSPS) is 13.8. The SMILES string of the molecule is CC(C)(C)c1cc2c3c(c1)c1ccccc1n3B1c3c-2cccc3-n2c3ccccc3c3cccc1c32. The fourth-order valence-corrected chi connectivity index (χ4v) is 7.25. The molecule has 2 nitrogen and oxygen atoms in total. The monoisotopic (exact) mass is 472 g/mol. The van der Waals surface area contributed by atoms with Crippen LogP contribution in [0.3, 0.4) is 0 Å². The van der Waals surface area contributed by atoms with E-state index in [0.717, 1.165) is 0 Å². The van der Waals surface area contributed by atoms with Gasteiger partial charge in [-0.05, 0) is 57.8 Å². The highest BCUT2D eigenvalue weighted by atomic mass is 15.0. The lowest BCUT2D eigenvalue weighted by atomic mass is 9.45. The van der Waals surface area contributed by atoms with E-state index in [9.17, 15) is 0 Å². The number of rotatable bonds is 0. The van der Waals surface area contributed by atoms with Crippen molar-refractivity contribution in [1.29, 1.82) is 0 Å². The van der Waals surface area contributed by atoms with Gasteiger partial charge in [0, 0.05) is 43.8 Å². The Morgan fingerprint density at radius 1 is 0.595 bits per heavy atom. The summed E-state index contributed by atoms with van der Waals surface area (Å²) in [6.45, 7) is 7.11. The van der Waals surface area contributed by atoms with Crippen molar-refractivity contribution in [3.05, 3.63) is 103 Å². The number of nitrogens with zero attached hydrogens (tertiary/aromatic N) is 2. The van der Waals surface area contributed by atoms with Crippen molar-refractivity contribution < 1.29 is 0 Å². The number of hydrogen-bond donors (Lipinski definition) is 0. The maximum atomic E-state index is 2.65. The van der Waals surface area contributed by atoms with Crippen molar-refractivity contribution in [2.45, 2.75) is 26.2 Å². The van der Waals surface area contributed by atoms with E-state index >= 15 is 0 Å². The van der Waals surface area contributed by atoms with Gasteiger partial charge in [-0.25, -0.2) is 0 Å². The van der Waals surface area contributed by atoms with Crippen molar-refractivity contribution in [2.75, 3.05) is 0 Å². The first-order chi connectivity index (χ1) is 18.0. The van der Waals surface area contributed by atoms with Gasteiger partial charge in [0.25, 0.3) is 0 Å². The van der Waals surface area contributed by atoms with Gasteiger partial charge < -0.3 is 9.05 Å². The van der Waals surface area contributed by atoms with Crippen LogP contribution in [0.4, 0.5) is 0 Å². The zero-order valence-electron chi connectivity index (χ0n) is 21.2. The Bertz CT molecular complexity index is 2130. The molecule has 0 bridgehead atoms. The third-order valence-electron chi connectivity index (χ3n) is 8.84. The standard InChI is InChI=1S/C34H25BN2/c1-34(2,3)20-18-25-22-11-5-7-16-29(22)37-32(25)26(19-20)23-12-9-17-30-31(23)35(37)27-14-8-13-24-21-10-4-6-15-28(21)36(30)33(24)27/h4-19H,1-3H3. The van der Waals surface area contributed by atoms with Gasteiger partial charge in [-0.2, -0.15) is 0 Å². The Kier molecular flexibility index (Phi) is 3.42. The molecule has 7 aromatic rings. The van der Waals surface area contributed by atoms with E-state index in [2.05, 4.69) is 127 Å². The number of benzene rings is 5. The summed E-state index contributed by atoms with van der Waals surface area (Å²) in [6, 6.07) is 36.6. The van der Waals surface area contributed by atoms with Gasteiger partial charge in [-0.15, -0.1) is 0 Å². The quantitative estimate of drug-likeness (QED) is 0.208. The lowest BCUT2D eigenvalue weighted by Gasteiger charge is -2.34. The van der Waals surface area contributed by atoms with Crippen molar-refractivity contribution in [1.82, 2.24) is 9.05 Å². The molecule has 5 aromatic carbocycles. The second kappa shape index (κ2) is 6.36. The summed E-state index contributed by atoms with van der Waals surface area (Å²) in [7, 11) is 0. The summed E-state index contributed by atoms with van der Waals surface area (Å²) in [6.07, 6.45) is 0. The molecule has 0 radical (unpaired) electrons. The smallest absolute Gasteiger partial charge is 0.333 e. The zero-order chi connectivity index (χ0) is 24.6. The molecule has 3 heteroatoms. The van der Waals surface area contributed by atoms with Crippen LogP contribution in [0.1, 0.15) is 26.3 Å². The maximum Gasteiger partial charge on any atom is 0.333 e. The molecule has 2 aromatic heterocycles. The molecule has 0 N–H and O–H groups in total. The average molecular weight is 472 g/mol. The molecule has 0 amide bonds. The molecule has 9 rings (SSSR count). The van der Waals surface area contributed by atoms with E-state index < -0.39 is 0 Å². The van der Waals surface area contributed by atoms with Crippen molar-refractivity contribution in [3.8, 4) is 16.8 Å². The first-order valence-corrected chi connectivity index (χ1v) is 13.3. The number of para-hydroxylation sites is 3. The van der Waals surface area contributed by atoms with Crippen LogP contribution in [0, 0.1) is 0 Å². The summed E-state index contributed by atoms with van der Waals surface area (Å²) < 4.78 is 5.17. The Hall–Kier alpha value is -4.24. The summed E-state index contributed by atoms with van der Waals surface area (Å²) >= 11 is 0. The minimum Gasteiger partial charge on any atom is -0.375 e. The van der Waals surface area contributed by atoms with Gasteiger partial charge in [0.2, 0.25) is 0 Å². The van der Waals surface area contributed by atoms with E-state index in [0.29, 0.717) is 0 Å². The summed E-state index contributed by atoms with van der Waals surface area (Å²) in [4.78, 5) is 0. The Balaban J connectivity index is 1.56. The van der Waals surface area contributed by atoms with Gasteiger partial charge in [-0.1, -0.05) is 87.5 Å². The van der Waals surface area contributed by atoms with Crippen LogP contribution in [0.25, 0.3) is 60.4 Å². The molecule has 0 saturated heterocycles. The van der Waals surface area contributed by atoms with Crippen LogP contribution in [-0.4, -0.2) is 15.9 Å². The van der Waals surface area contributed by atoms with Crippen molar-refractivity contribution in [3.63, 3.8) is 0 Å². The lowest BCUT2D eigenvalue weighted by molar-refractivity contribution is 0.591. The molecule has 4 heterocycles. The summed E-state index contributed by atoms with van der Waals surface area (Å²) in [5, 5.41) is 5.38. The third-order valence-corrected chi connectivity index (χ3v) is 8.84. The van der Waals surface area contributed by atoms with Gasteiger partial charge in [0.15, 0.2) is 0 Å². The molecule has 37 heavy (non-hydrogen) atoms. The lowest BCUT2D eigenvalue weighted by Crippen LogP contribution is -2.55. The Morgan fingerprint density at radius 2 is 1.30 bits per heavy atom. The molecule has 0 unspecified atom stereocenters. The molecule has 0 atom stereocenters. The number of hydrogen-bond acceptors (Lipinski definition) is 0. The Labute approximate surface area is 215 Å². The minimum absolute atomic E-state index is 0.0645. The molecule has 0 aliphatic carbocycles. The van der Waals surface area contributed by atoms with Gasteiger partial charge in [0.05, 0.1) is 11.0 Å². The van der Waals surface area contributed by atoms with Gasteiger partial charge >= 0.3 is 6.85 Å². The van der Waals surface area contributed by atoms with Crippen LogP contribution < -0.4 is 10.9 Å². The topological polar surface area (TPSA) is 9.86 Å². The highest BCUT2D eigenvalue weighted by Gasteiger charge is 2.41. The van der Waals surface area contributed by atoms with Crippen LogP contribution in [-0.2, 0) is 5.41 Å². The fourth-order valence-electron chi connectivity index (χ4n) is 7.25. The van der Waals surface area contributed by atoms with Crippen LogP contribution >= 0.6 is 0 Å².